The molecule has 0 aliphatic carbocycles. The Balaban J connectivity index is 1.81. The van der Waals surface area contributed by atoms with Crippen LogP contribution in [0.5, 0.6) is 0 Å². The van der Waals surface area contributed by atoms with Gasteiger partial charge in [0.05, 0.1) is 0 Å². The number of nitrogens with two attached hydrogens (primary N) is 1. The largest absolute Gasteiger partial charge is 0.594 e. The first-order valence-electron chi connectivity index (χ1n) is 6.76. The number of carboxylic acid groups (broad SMARTS) is 1. The van der Waals surface area contributed by atoms with E-state index in [0.29, 0.717) is 32.6 Å². The molecule has 122 valence electrons. The molecule has 0 unspecified atom stereocenters. The second kappa shape index (κ2) is 6.02. The van der Waals surface area contributed by atoms with E-state index in [2.05, 4.69) is 5.10 Å². The number of aliphatic carboxylic acids is 1. The van der Waals surface area contributed by atoms with E-state index in [9.17, 15) is 19.9 Å². The second-order valence-electron chi connectivity index (χ2n) is 5.17. The van der Waals surface area contributed by atoms with Gasteiger partial charge in [0.25, 0.3) is 0 Å². The Bertz CT molecular complexity index is 724. The molecule has 0 bridgehead atoms. The summed E-state index contributed by atoms with van der Waals surface area (Å²) in [6.07, 6.45) is 0. The van der Waals surface area contributed by atoms with Crippen LogP contribution in [0.15, 0.2) is 28.4 Å². The van der Waals surface area contributed by atoms with Crippen molar-refractivity contribution in [3.63, 3.8) is 0 Å². The van der Waals surface area contributed by atoms with Gasteiger partial charge in [0.2, 0.25) is 11.6 Å². The minimum atomic E-state index is -1.14. The Morgan fingerprint density at radius 1 is 1.65 bits per heavy atom. The smallest absolute Gasteiger partial charge is 0.352 e. The molecular weight excluding hydrogens is 340 g/mol. The highest BCUT2D eigenvalue weighted by atomic mass is 32.2. The molecular formula is C13H14N4O4S2. The number of hydrogen-bond acceptors (Lipinski definition) is 7. The third-order valence-corrected chi connectivity index (χ3v) is 6.01. The lowest BCUT2D eigenvalue weighted by Crippen LogP contribution is -2.68. The summed E-state index contributed by atoms with van der Waals surface area (Å²) in [5, 5.41) is 24.9. The van der Waals surface area contributed by atoms with Crippen molar-refractivity contribution in [2.24, 2.45) is 5.73 Å². The number of carbonyl (C=O) groups is 2. The van der Waals surface area contributed by atoms with E-state index in [-0.39, 0.29) is 17.0 Å². The van der Waals surface area contributed by atoms with Crippen molar-refractivity contribution in [3.05, 3.63) is 34.3 Å². The van der Waals surface area contributed by atoms with Gasteiger partial charge in [0.15, 0.2) is 5.03 Å². The van der Waals surface area contributed by atoms with Crippen LogP contribution in [-0.2, 0) is 9.59 Å². The lowest BCUT2D eigenvalue weighted by molar-refractivity contribution is -0.679. The van der Waals surface area contributed by atoms with Crippen LogP contribution in [0.1, 0.15) is 5.69 Å². The molecule has 1 aromatic heterocycles. The predicted octanol–water partition coefficient (Wildman–Crippen LogP) is -0.303. The highest BCUT2D eigenvalue weighted by molar-refractivity contribution is 8.01. The van der Waals surface area contributed by atoms with Crippen molar-refractivity contribution >= 4 is 35.4 Å². The zero-order valence-electron chi connectivity index (χ0n) is 12.1. The van der Waals surface area contributed by atoms with Crippen LogP contribution in [0.25, 0.3) is 0 Å². The predicted molar refractivity (Wildman–Crippen MR) is 84.4 cm³/mol. The van der Waals surface area contributed by atoms with Crippen molar-refractivity contribution in [3.8, 4) is 0 Å². The lowest BCUT2D eigenvalue weighted by atomic mass is 10.0. The summed E-state index contributed by atoms with van der Waals surface area (Å²) in [6.45, 7) is 1.65. The van der Waals surface area contributed by atoms with Crippen molar-refractivity contribution in [1.82, 2.24) is 10.00 Å². The minimum Gasteiger partial charge on any atom is -0.594 e. The first-order valence-corrected chi connectivity index (χ1v) is 8.79. The van der Waals surface area contributed by atoms with Gasteiger partial charge in [-0.1, -0.05) is 16.6 Å². The number of thioether (sulfide) groups is 2. The molecule has 1 saturated heterocycles. The topological polar surface area (TPSA) is 123 Å². The van der Waals surface area contributed by atoms with Gasteiger partial charge in [-0.05, 0) is 11.6 Å². The van der Waals surface area contributed by atoms with Crippen LogP contribution in [-0.4, -0.2) is 49.9 Å². The van der Waals surface area contributed by atoms with E-state index >= 15 is 0 Å². The highest BCUT2D eigenvalue weighted by Gasteiger charge is 2.51. The molecule has 3 N–H and O–H groups in total. The molecule has 8 nitrogen and oxygen atoms in total. The van der Waals surface area contributed by atoms with Gasteiger partial charge < -0.3 is 16.0 Å². The molecule has 23 heavy (non-hydrogen) atoms. The van der Waals surface area contributed by atoms with Gasteiger partial charge in [-0.2, -0.15) is 0 Å². The molecule has 10 heteroatoms. The van der Waals surface area contributed by atoms with Gasteiger partial charge >= 0.3 is 5.97 Å². The summed E-state index contributed by atoms with van der Waals surface area (Å²) in [5.41, 5.74) is 6.82. The van der Waals surface area contributed by atoms with E-state index in [1.165, 1.54) is 28.4 Å². The maximum Gasteiger partial charge on any atom is 0.352 e. The third-order valence-electron chi connectivity index (χ3n) is 3.64. The molecule has 2 aliphatic rings. The van der Waals surface area contributed by atoms with Crippen LogP contribution in [0.4, 0.5) is 0 Å². The van der Waals surface area contributed by atoms with Crippen molar-refractivity contribution in [2.75, 3.05) is 11.5 Å². The molecule has 0 spiro atoms. The number of β-lactam (4-membered cyclic amide) rings is 1. The summed E-state index contributed by atoms with van der Waals surface area (Å²) >= 11 is 2.72. The van der Waals surface area contributed by atoms with Gasteiger partial charge in [-0.25, -0.2) is 4.79 Å². The molecule has 1 amide bonds. The number of aromatic nitrogens is 2. The Morgan fingerprint density at radius 2 is 2.39 bits per heavy atom. The highest BCUT2D eigenvalue weighted by Crippen LogP contribution is 2.40. The maximum absolute atomic E-state index is 11.8. The summed E-state index contributed by atoms with van der Waals surface area (Å²) in [6, 6.07) is 2.72. The Hall–Kier alpha value is -1.78. The van der Waals surface area contributed by atoms with Crippen LogP contribution in [0, 0.1) is 12.1 Å². The second-order valence-corrected chi connectivity index (χ2v) is 7.27. The summed E-state index contributed by atoms with van der Waals surface area (Å²) in [4.78, 5) is 25.2. The zero-order chi connectivity index (χ0) is 16.7. The number of aryl methyl sites for hydroxylation is 1. The minimum absolute atomic E-state index is 0.00932. The van der Waals surface area contributed by atoms with Crippen LogP contribution < -0.4 is 10.6 Å². The van der Waals surface area contributed by atoms with Crippen LogP contribution in [0.2, 0.25) is 0 Å². The monoisotopic (exact) mass is 354 g/mol. The van der Waals surface area contributed by atoms with E-state index in [0.717, 1.165) is 0 Å². The number of amides is 1. The first-order chi connectivity index (χ1) is 10.9. The Kier molecular flexibility index (Phi) is 4.21. The molecule has 0 saturated carbocycles. The quantitative estimate of drug-likeness (QED) is 0.327. The van der Waals surface area contributed by atoms with Crippen LogP contribution >= 0.6 is 23.5 Å². The normalized spacial score (nSPS) is 23.6. The van der Waals surface area contributed by atoms with Gasteiger partial charge in [0.1, 0.15) is 17.1 Å². The fourth-order valence-corrected chi connectivity index (χ4v) is 4.67. The maximum atomic E-state index is 11.8. The van der Waals surface area contributed by atoms with E-state index in [4.69, 9.17) is 5.73 Å². The fourth-order valence-electron chi connectivity index (χ4n) is 2.39. The van der Waals surface area contributed by atoms with E-state index in [1.807, 2.05) is 0 Å². The van der Waals surface area contributed by atoms with Crippen LogP contribution in [0.3, 0.4) is 0 Å². The standard InChI is InChI=1S/C13H14N4O4S2/c1-6-2-3-8(15-17(6)21)22-4-7-5-23-12-9(14)11(18)16(12)10(7)13(19)20/h2-3,9,12H,4-5,14H2,1H3,(H,19,20)/t9-,12+/m1/s1. The number of carbonyl (C=O) groups excluding carboxylic acids is 1. The van der Waals surface area contributed by atoms with Crippen molar-refractivity contribution in [1.29, 1.82) is 0 Å². The Morgan fingerprint density at radius 3 is 3.04 bits per heavy atom. The number of fused-ring (bicyclic) bond motifs is 1. The molecule has 3 heterocycles. The Labute approximate surface area is 140 Å². The van der Waals surface area contributed by atoms with Crippen molar-refractivity contribution < 1.29 is 19.5 Å². The van der Waals surface area contributed by atoms with E-state index < -0.39 is 12.0 Å². The van der Waals surface area contributed by atoms with Gasteiger partial charge in [0, 0.05) is 29.6 Å². The number of nitrogens with zero attached hydrogens (tertiary/aromatic N) is 3. The SMILES string of the molecule is Cc1ccc(SCC2=C(C(=O)O)N3C(=O)[C@@H](N)[C@@H]3SC2)n[n+]1[O-]. The van der Waals surface area contributed by atoms with E-state index in [1.54, 1.807) is 19.1 Å². The molecule has 3 rings (SSSR count). The molecule has 0 radical (unpaired) electrons. The molecule has 0 aromatic carbocycles. The summed E-state index contributed by atoms with van der Waals surface area (Å²) < 4.78 is 0. The number of rotatable bonds is 4. The fraction of sp³-hybridized carbons (Fsp3) is 0.385. The average Bonchev–Trinajstić information content (AvgIpc) is 2.54. The van der Waals surface area contributed by atoms with Crippen molar-refractivity contribution in [2.45, 2.75) is 23.4 Å². The first kappa shape index (κ1) is 16.1. The lowest BCUT2D eigenvalue weighted by Gasteiger charge is -2.48. The number of hydrogen-bond donors (Lipinski definition) is 2. The third kappa shape index (κ3) is 2.77. The average molecular weight is 354 g/mol. The van der Waals surface area contributed by atoms with Gasteiger partial charge in [-0.3, -0.25) is 9.69 Å². The summed E-state index contributed by atoms with van der Waals surface area (Å²) in [5.74, 6) is -0.675. The molecule has 2 aliphatic heterocycles. The zero-order valence-corrected chi connectivity index (χ0v) is 13.8. The molecule has 1 fully saturated rings. The molecule has 1 aromatic rings. The van der Waals surface area contributed by atoms with Gasteiger partial charge in [-0.15, -0.1) is 11.8 Å². The molecule has 2 atom stereocenters. The number of carboxylic acids is 1. The summed E-state index contributed by atoms with van der Waals surface area (Å²) in [7, 11) is 0.